The number of nitrogens with one attached hydrogen (secondary N) is 1. The highest BCUT2D eigenvalue weighted by molar-refractivity contribution is 7.98. The van der Waals surface area contributed by atoms with Crippen molar-refractivity contribution in [2.24, 2.45) is 11.8 Å². The van der Waals surface area contributed by atoms with Crippen molar-refractivity contribution >= 4 is 70.0 Å². The summed E-state index contributed by atoms with van der Waals surface area (Å²) in [5.41, 5.74) is 1.87. The quantitative estimate of drug-likeness (QED) is 0.243. The summed E-state index contributed by atoms with van der Waals surface area (Å²) in [6.45, 7) is 3.39. The maximum Gasteiger partial charge on any atom is 0.326 e. The van der Waals surface area contributed by atoms with E-state index in [-0.39, 0.29) is 5.91 Å². The fourth-order valence-electron chi connectivity index (χ4n) is 6.03. The highest BCUT2D eigenvalue weighted by Crippen LogP contribution is 2.33. The van der Waals surface area contributed by atoms with E-state index in [1.807, 2.05) is 17.2 Å². The van der Waals surface area contributed by atoms with Crippen molar-refractivity contribution in [3.63, 3.8) is 0 Å². The SMILES string of the molecule is CSCCC(NC(=O)c1ccc(N2CCC(CCCC3CCN(C(=O)c4ccc(Cl)c(Cl)c4)CC3)CC2)c(Cl)c1)C(=O)O. The monoisotopic (exact) mass is 667 g/mol. The first-order valence-corrected chi connectivity index (χ1v) is 17.5. The van der Waals surface area contributed by atoms with Crippen LogP contribution in [-0.4, -0.2) is 72.0 Å². The number of carbonyl (C=O) groups is 3. The average molecular weight is 669 g/mol. The number of carboxylic acid groups (broad SMARTS) is 1. The van der Waals surface area contributed by atoms with Gasteiger partial charge in [-0.25, -0.2) is 4.79 Å². The fourth-order valence-corrected chi connectivity index (χ4v) is 7.10. The molecule has 0 spiro atoms. The van der Waals surface area contributed by atoms with Gasteiger partial charge in [0.25, 0.3) is 11.8 Å². The minimum absolute atomic E-state index is 0.0234. The van der Waals surface area contributed by atoms with Crippen LogP contribution in [0.3, 0.4) is 0 Å². The Morgan fingerprint density at radius 1 is 0.884 bits per heavy atom. The molecule has 2 heterocycles. The topological polar surface area (TPSA) is 90.0 Å². The lowest BCUT2D eigenvalue weighted by Crippen LogP contribution is -2.41. The number of carbonyl (C=O) groups excluding carboxylic acids is 2. The molecule has 11 heteroatoms. The molecular weight excluding hydrogens is 629 g/mol. The second-order valence-electron chi connectivity index (χ2n) is 11.5. The molecule has 2 saturated heterocycles. The summed E-state index contributed by atoms with van der Waals surface area (Å²) >= 11 is 20.2. The molecule has 0 radical (unpaired) electrons. The number of halogens is 3. The third-order valence-electron chi connectivity index (χ3n) is 8.67. The van der Waals surface area contributed by atoms with E-state index in [0.29, 0.717) is 50.2 Å². The van der Waals surface area contributed by atoms with E-state index < -0.39 is 17.9 Å². The van der Waals surface area contributed by atoms with E-state index in [1.165, 1.54) is 19.3 Å². The molecule has 2 aliphatic heterocycles. The largest absolute Gasteiger partial charge is 0.480 e. The molecule has 4 rings (SSSR count). The third kappa shape index (κ3) is 9.43. The Bertz CT molecular complexity index is 1280. The lowest BCUT2D eigenvalue weighted by atomic mass is 9.86. The molecule has 2 N–H and O–H groups in total. The number of thioether (sulfide) groups is 1. The van der Waals surface area contributed by atoms with Crippen LogP contribution >= 0.6 is 46.6 Å². The Balaban J connectivity index is 1.17. The lowest BCUT2D eigenvalue weighted by Gasteiger charge is -2.35. The van der Waals surface area contributed by atoms with Gasteiger partial charge in [0.2, 0.25) is 0 Å². The van der Waals surface area contributed by atoms with Gasteiger partial charge in [0, 0.05) is 37.3 Å². The van der Waals surface area contributed by atoms with Crippen LogP contribution in [0.25, 0.3) is 0 Å². The third-order valence-corrected chi connectivity index (χ3v) is 10.4. The van der Waals surface area contributed by atoms with Crippen LogP contribution in [0.5, 0.6) is 0 Å². The van der Waals surface area contributed by atoms with Crippen LogP contribution in [0.2, 0.25) is 15.1 Å². The summed E-state index contributed by atoms with van der Waals surface area (Å²) in [5.74, 6) is 0.552. The molecular formula is C32H40Cl3N3O4S. The highest BCUT2D eigenvalue weighted by Gasteiger charge is 2.26. The summed E-state index contributed by atoms with van der Waals surface area (Å²) in [5, 5.41) is 13.4. The number of likely N-dealkylation sites (tertiary alicyclic amines) is 1. The maximum absolute atomic E-state index is 12.9. The second kappa shape index (κ2) is 16.3. The molecule has 43 heavy (non-hydrogen) atoms. The van der Waals surface area contributed by atoms with E-state index in [4.69, 9.17) is 34.8 Å². The van der Waals surface area contributed by atoms with E-state index >= 15 is 0 Å². The number of hydrogen-bond acceptors (Lipinski definition) is 5. The maximum atomic E-state index is 12.9. The van der Waals surface area contributed by atoms with Gasteiger partial charge in [0.1, 0.15) is 6.04 Å². The van der Waals surface area contributed by atoms with Crippen LogP contribution in [0.4, 0.5) is 5.69 Å². The van der Waals surface area contributed by atoms with Crippen molar-refractivity contribution in [2.75, 3.05) is 43.1 Å². The summed E-state index contributed by atoms with van der Waals surface area (Å²) < 4.78 is 0. The van der Waals surface area contributed by atoms with E-state index in [0.717, 1.165) is 57.5 Å². The van der Waals surface area contributed by atoms with Gasteiger partial charge in [-0.3, -0.25) is 9.59 Å². The molecule has 234 valence electrons. The molecule has 2 aliphatic rings. The minimum atomic E-state index is -1.04. The van der Waals surface area contributed by atoms with E-state index in [2.05, 4.69) is 10.2 Å². The van der Waals surface area contributed by atoms with Crippen molar-refractivity contribution in [3.05, 3.63) is 62.6 Å². The van der Waals surface area contributed by atoms with Gasteiger partial charge in [-0.15, -0.1) is 0 Å². The molecule has 0 aliphatic carbocycles. The predicted molar refractivity (Wildman–Crippen MR) is 177 cm³/mol. The van der Waals surface area contributed by atoms with Crippen LogP contribution in [0.1, 0.15) is 72.1 Å². The molecule has 2 amide bonds. The van der Waals surface area contributed by atoms with Gasteiger partial charge < -0.3 is 20.2 Å². The Morgan fingerprint density at radius 2 is 1.49 bits per heavy atom. The first-order chi connectivity index (χ1) is 20.7. The zero-order valence-corrected chi connectivity index (χ0v) is 27.6. The minimum Gasteiger partial charge on any atom is -0.480 e. The number of hydrogen-bond donors (Lipinski definition) is 2. The normalized spacial score (nSPS) is 17.1. The van der Waals surface area contributed by atoms with E-state index in [1.54, 1.807) is 42.1 Å². The van der Waals surface area contributed by atoms with Crippen LogP contribution in [-0.2, 0) is 4.79 Å². The van der Waals surface area contributed by atoms with Crippen LogP contribution in [0, 0.1) is 11.8 Å². The van der Waals surface area contributed by atoms with Gasteiger partial charge >= 0.3 is 5.97 Å². The Labute approximate surface area is 273 Å². The van der Waals surface area contributed by atoms with E-state index in [9.17, 15) is 19.5 Å². The van der Waals surface area contributed by atoms with Gasteiger partial charge in [0.05, 0.1) is 20.8 Å². The van der Waals surface area contributed by atoms with Crippen molar-refractivity contribution < 1.29 is 19.5 Å². The Morgan fingerprint density at radius 3 is 2.07 bits per heavy atom. The summed E-state index contributed by atoms with van der Waals surface area (Å²) in [4.78, 5) is 41.2. The number of nitrogens with zero attached hydrogens (tertiary/aromatic N) is 2. The van der Waals surface area contributed by atoms with Gasteiger partial charge in [-0.2, -0.15) is 11.8 Å². The number of aliphatic carboxylic acids is 1. The van der Waals surface area contributed by atoms with Gasteiger partial charge in [0.15, 0.2) is 0 Å². The zero-order valence-electron chi connectivity index (χ0n) is 24.5. The van der Waals surface area contributed by atoms with Gasteiger partial charge in [-0.1, -0.05) is 54.1 Å². The fraction of sp³-hybridized carbons (Fsp3) is 0.531. The number of rotatable bonds is 12. The molecule has 1 unspecified atom stereocenters. The van der Waals surface area contributed by atoms with Crippen LogP contribution < -0.4 is 10.2 Å². The molecule has 2 aromatic rings. The van der Waals surface area contributed by atoms with Crippen molar-refractivity contribution in [3.8, 4) is 0 Å². The van der Waals surface area contributed by atoms with Crippen LogP contribution in [0.15, 0.2) is 36.4 Å². The number of anilines is 1. The summed E-state index contributed by atoms with van der Waals surface area (Å²) in [6.07, 6.45) is 10.2. The number of benzene rings is 2. The Hall–Kier alpha value is -2.13. The molecule has 0 bridgehead atoms. The standard InChI is InChI=1S/C32H40Cl3N3O4S/c1-43-18-13-28(32(41)42)36-30(39)23-6-8-29(27(35)19-23)37-14-9-21(10-15-37)3-2-4-22-11-16-38(17-12-22)31(40)24-5-7-25(33)26(34)20-24/h5-8,19-22,28H,2-4,9-18H2,1H3,(H,36,39)(H,41,42). The molecule has 2 fully saturated rings. The molecule has 7 nitrogen and oxygen atoms in total. The number of carboxylic acids is 1. The number of piperidine rings is 2. The summed E-state index contributed by atoms with van der Waals surface area (Å²) in [7, 11) is 0. The first kappa shape index (κ1) is 33.8. The molecule has 0 aromatic heterocycles. The second-order valence-corrected chi connectivity index (χ2v) is 13.7. The average Bonchev–Trinajstić information content (AvgIpc) is 3.00. The zero-order chi connectivity index (χ0) is 30.9. The summed E-state index contributed by atoms with van der Waals surface area (Å²) in [6, 6.07) is 9.37. The number of amides is 2. The van der Waals surface area contributed by atoms with Crippen molar-refractivity contribution in [2.45, 2.75) is 57.4 Å². The van der Waals surface area contributed by atoms with Gasteiger partial charge in [-0.05, 0) is 92.3 Å². The Kier molecular flexibility index (Phi) is 12.8. The lowest BCUT2D eigenvalue weighted by molar-refractivity contribution is -0.139. The van der Waals surface area contributed by atoms with Crippen molar-refractivity contribution in [1.82, 2.24) is 10.2 Å². The molecule has 2 aromatic carbocycles. The smallest absolute Gasteiger partial charge is 0.326 e. The highest BCUT2D eigenvalue weighted by atomic mass is 35.5. The molecule has 1 atom stereocenters. The molecule has 0 saturated carbocycles. The predicted octanol–water partition coefficient (Wildman–Crippen LogP) is 7.52. The van der Waals surface area contributed by atoms with Crippen molar-refractivity contribution in [1.29, 1.82) is 0 Å². The first-order valence-electron chi connectivity index (χ1n) is 15.0.